The van der Waals surface area contributed by atoms with Crippen LogP contribution in [0.2, 0.25) is 0 Å². The van der Waals surface area contributed by atoms with Gasteiger partial charge in [0.15, 0.2) is 0 Å². The predicted octanol–water partition coefficient (Wildman–Crippen LogP) is -0.369. The maximum Gasteiger partial charge on any atom is 0.140 e. The maximum atomic E-state index is 12.3. The van der Waals surface area contributed by atoms with Gasteiger partial charge in [-0.05, 0) is 7.05 Å². The van der Waals surface area contributed by atoms with Gasteiger partial charge in [0.05, 0.1) is 6.10 Å². The Morgan fingerprint density at radius 2 is 2.25 bits per heavy atom. The summed E-state index contributed by atoms with van der Waals surface area (Å²) in [7, 11) is 1.79. The molecule has 1 heterocycles. The third kappa shape index (κ3) is 0.980. The second-order valence-corrected chi connectivity index (χ2v) is 2.30. The molecule has 0 aromatic heterocycles. The van der Waals surface area contributed by atoms with Crippen LogP contribution in [-0.4, -0.2) is 42.4 Å². The van der Waals surface area contributed by atoms with Gasteiger partial charge in [-0.25, -0.2) is 4.39 Å². The van der Waals surface area contributed by atoms with Gasteiger partial charge in [-0.1, -0.05) is 0 Å². The Bertz CT molecular complexity index is 78.5. The van der Waals surface area contributed by atoms with Crippen molar-refractivity contribution in [3.05, 3.63) is 0 Å². The fraction of sp³-hybridized carbons (Fsp3) is 1.00. The number of rotatable bonds is 0. The van der Waals surface area contributed by atoms with Crippen LogP contribution >= 0.6 is 0 Å². The summed E-state index contributed by atoms with van der Waals surface area (Å²) >= 11 is 0. The van der Waals surface area contributed by atoms with Crippen LogP contribution in [-0.2, 0) is 0 Å². The van der Waals surface area contributed by atoms with Gasteiger partial charge >= 0.3 is 0 Å². The lowest BCUT2D eigenvalue weighted by Crippen LogP contribution is -2.18. The standard InChI is InChI=1S/C5H10FNO/c1-7-2-4(6)5(8)3-7/h4-5,8H,2-3H2,1H3/t4-,5+/m0/s1. The molecule has 0 bridgehead atoms. The first kappa shape index (κ1) is 5.98. The van der Waals surface area contributed by atoms with E-state index in [1.54, 1.807) is 11.9 Å². The number of aliphatic hydroxyl groups is 1. The third-order valence-electron chi connectivity index (χ3n) is 1.40. The van der Waals surface area contributed by atoms with Crippen LogP contribution in [0.4, 0.5) is 4.39 Å². The van der Waals surface area contributed by atoms with E-state index in [0.29, 0.717) is 13.1 Å². The van der Waals surface area contributed by atoms with Crippen molar-refractivity contribution in [1.82, 2.24) is 4.90 Å². The third-order valence-corrected chi connectivity index (χ3v) is 1.40. The van der Waals surface area contributed by atoms with E-state index in [1.165, 1.54) is 0 Å². The Balaban J connectivity index is 2.39. The zero-order valence-electron chi connectivity index (χ0n) is 4.84. The van der Waals surface area contributed by atoms with Crippen LogP contribution in [0.1, 0.15) is 0 Å². The minimum atomic E-state index is -1.03. The van der Waals surface area contributed by atoms with Gasteiger partial charge in [-0.3, -0.25) is 0 Å². The molecule has 8 heavy (non-hydrogen) atoms. The largest absolute Gasteiger partial charge is 0.389 e. The summed E-state index contributed by atoms with van der Waals surface area (Å²) < 4.78 is 12.3. The molecule has 0 aromatic carbocycles. The summed E-state index contributed by atoms with van der Waals surface area (Å²) in [6.45, 7) is 0.850. The number of β-amino-alcohol motifs (C(OH)–C–C–N with tert-alkyl or cyclic N) is 1. The number of alkyl halides is 1. The summed E-state index contributed by atoms with van der Waals surface area (Å²) in [6, 6.07) is 0. The highest BCUT2D eigenvalue weighted by Gasteiger charge is 2.28. The molecule has 0 saturated carbocycles. The van der Waals surface area contributed by atoms with Gasteiger partial charge in [0.25, 0.3) is 0 Å². The molecule has 0 spiro atoms. The van der Waals surface area contributed by atoms with Crippen LogP contribution < -0.4 is 0 Å². The molecule has 2 atom stereocenters. The molecule has 1 saturated heterocycles. The molecule has 0 unspecified atom stereocenters. The molecule has 0 amide bonds. The van der Waals surface area contributed by atoms with Gasteiger partial charge in [0, 0.05) is 13.1 Å². The number of aliphatic hydroxyl groups excluding tert-OH is 1. The molecular formula is C5H10FNO. The lowest BCUT2D eigenvalue weighted by Gasteiger charge is -2.01. The lowest BCUT2D eigenvalue weighted by molar-refractivity contribution is 0.116. The predicted molar refractivity (Wildman–Crippen MR) is 28.4 cm³/mol. The van der Waals surface area contributed by atoms with E-state index in [4.69, 9.17) is 5.11 Å². The Morgan fingerprint density at radius 3 is 2.38 bits per heavy atom. The van der Waals surface area contributed by atoms with Gasteiger partial charge in [0.2, 0.25) is 0 Å². The highest BCUT2D eigenvalue weighted by molar-refractivity contribution is 4.80. The van der Waals surface area contributed by atoms with Crippen LogP contribution in [0.3, 0.4) is 0 Å². The van der Waals surface area contributed by atoms with Crippen molar-refractivity contribution in [1.29, 1.82) is 0 Å². The fourth-order valence-electron chi connectivity index (χ4n) is 0.928. The number of hydrogen-bond acceptors (Lipinski definition) is 2. The summed E-state index contributed by atoms with van der Waals surface area (Å²) in [6.07, 6.45) is -1.78. The molecule has 1 N–H and O–H groups in total. The molecule has 1 rings (SSSR count). The fourth-order valence-corrected chi connectivity index (χ4v) is 0.928. The zero-order chi connectivity index (χ0) is 6.15. The van der Waals surface area contributed by atoms with E-state index in [0.717, 1.165) is 0 Å². The van der Waals surface area contributed by atoms with Crippen LogP contribution in [0.5, 0.6) is 0 Å². The number of halogens is 1. The zero-order valence-corrected chi connectivity index (χ0v) is 4.84. The van der Waals surface area contributed by atoms with Crippen molar-refractivity contribution in [3.8, 4) is 0 Å². The van der Waals surface area contributed by atoms with Crippen LogP contribution in [0.25, 0.3) is 0 Å². The Kier molecular flexibility index (Phi) is 1.49. The van der Waals surface area contributed by atoms with Gasteiger partial charge in [-0.15, -0.1) is 0 Å². The molecule has 1 aliphatic rings. The van der Waals surface area contributed by atoms with Crippen molar-refractivity contribution >= 4 is 0 Å². The minimum Gasteiger partial charge on any atom is -0.389 e. The second kappa shape index (κ2) is 1.99. The monoisotopic (exact) mass is 119 g/mol. The normalized spacial score (nSPS) is 40.9. The summed E-state index contributed by atoms with van der Waals surface area (Å²) in [4.78, 5) is 1.77. The van der Waals surface area contributed by atoms with E-state index in [9.17, 15) is 4.39 Å². The van der Waals surface area contributed by atoms with Crippen molar-refractivity contribution < 1.29 is 9.50 Å². The molecule has 48 valence electrons. The molecule has 0 aliphatic carbocycles. The SMILES string of the molecule is CN1C[C@@H](O)[C@@H](F)C1. The van der Waals surface area contributed by atoms with Crippen LogP contribution in [0.15, 0.2) is 0 Å². The average molecular weight is 119 g/mol. The molecular weight excluding hydrogens is 109 g/mol. The first-order valence-electron chi connectivity index (χ1n) is 2.71. The van der Waals surface area contributed by atoms with Gasteiger partial charge < -0.3 is 10.0 Å². The lowest BCUT2D eigenvalue weighted by atomic mass is 10.3. The van der Waals surface area contributed by atoms with Gasteiger partial charge in [-0.2, -0.15) is 0 Å². The van der Waals surface area contributed by atoms with E-state index in [2.05, 4.69) is 0 Å². The second-order valence-electron chi connectivity index (χ2n) is 2.30. The van der Waals surface area contributed by atoms with Crippen molar-refractivity contribution in [3.63, 3.8) is 0 Å². The summed E-state index contributed by atoms with van der Waals surface area (Å²) in [5.74, 6) is 0. The topological polar surface area (TPSA) is 23.5 Å². The van der Waals surface area contributed by atoms with Crippen molar-refractivity contribution in [2.24, 2.45) is 0 Å². The Hall–Kier alpha value is -0.150. The highest BCUT2D eigenvalue weighted by Crippen LogP contribution is 2.09. The molecule has 1 fully saturated rings. The summed E-state index contributed by atoms with van der Waals surface area (Å²) in [5.41, 5.74) is 0. The number of likely N-dealkylation sites (tertiary alicyclic amines) is 1. The van der Waals surface area contributed by atoms with E-state index in [1.807, 2.05) is 0 Å². The molecule has 3 heteroatoms. The first-order valence-corrected chi connectivity index (χ1v) is 2.71. The van der Waals surface area contributed by atoms with Crippen molar-refractivity contribution in [2.75, 3.05) is 20.1 Å². The first-order chi connectivity index (χ1) is 3.70. The molecule has 0 aromatic rings. The molecule has 1 aliphatic heterocycles. The minimum absolute atomic E-state index is 0.376. The number of likely N-dealkylation sites (N-methyl/N-ethyl adjacent to an activating group) is 1. The van der Waals surface area contributed by atoms with Crippen molar-refractivity contribution in [2.45, 2.75) is 12.3 Å². The highest BCUT2D eigenvalue weighted by atomic mass is 19.1. The number of nitrogens with zero attached hydrogens (tertiary/aromatic N) is 1. The molecule has 0 radical (unpaired) electrons. The Morgan fingerprint density at radius 1 is 1.62 bits per heavy atom. The smallest absolute Gasteiger partial charge is 0.140 e. The van der Waals surface area contributed by atoms with Gasteiger partial charge in [0.1, 0.15) is 6.17 Å². The molecule has 2 nitrogen and oxygen atoms in total. The quantitative estimate of drug-likeness (QED) is 0.470. The average Bonchev–Trinajstić information content (AvgIpc) is 1.85. The van der Waals surface area contributed by atoms with E-state index >= 15 is 0 Å². The van der Waals surface area contributed by atoms with E-state index < -0.39 is 12.3 Å². The van der Waals surface area contributed by atoms with E-state index in [-0.39, 0.29) is 0 Å². The van der Waals surface area contributed by atoms with Crippen LogP contribution in [0, 0.1) is 0 Å². The summed E-state index contributed by atoms with van der Waals surface area (Å²) in [5, 5.41) is 8.75. The number of hydrogen-bond donors (Lipinski definition) is 1. The Labute approximate surface area is 47.9 Å². The maximum absolute atomic E-state index is 12.3.